The molecule has 0 rings (SSSR count). The Labute approximate surface area is 171 Å². The van der Waals surface area contributed by atoms with Crippen LogP contribution in [0.5, 0.6) is 0 Å². The molecule has 0 spiro atoms. The van der Waals surface area contributed by atoms with Crippen LogP contribution in [0.15, 0.2) is 17.1 Å². The van der Waals surface area contributed by atoms with Crippen molar-refractivity contribution in [3.05, 3.63) is 12.2 Å². The van der Waals surface area contributed by atoms with Gasteiger partial charge >= 0.3 is 47.6 Å². The first-order chi connectivity index (χ1) is 14.1. The van der Waals surface area contributed by atoms with Crippen molar-refractivity contribution >= 4 is 12.1 Å². The van der Waals surface area contributed by atoms with E-state index in [1.807, 2.05) is 0 Å². The first-order valence-electron chi connectivity index (χ1n) is 7.51. The fourth-order valence-corrected chi connectivity index (χ4v) is 1.68. The molecule has 1 amide bonds. The van der Waals surface area contributed by atoms with Crippen molar-refractivity contribution in [1.29, 1.82) is 0 Å². The van der Waals surface area contributed by atoms with Crippen molar-refractivity contribution in [3.63, 3.8) is 0 Å². The minimum atomic E-state index is -8.67. The number of nitrogens with zero attached hydrogens (tertiary/aromatic N) is 1. The number of hydrogen-bond donors (Lipinski definition) is 0. The van der Waals surface area contributed by atoms with E-state index in [-0.39, 0.29) is 0 Å². The SMILES string of the molecule is C=C(C)C(=O)N=CCC(F)(F)C(F)(F)C(F)(F)C(F)(F)C(F)(F)C(F)(F)C(F)(F)C(F)(F)F. The molecule has 194 valence electrons. The lowest BCUT2D eigenvalue weighted by atomic mass is 9.88. The maximum atomic E-state index is 13.5. The maximum absolute atomic E-state index is 13.5. The van der Waals surface area contributed by atoms with Gasteiger partial charge in [-0.05, 0) is 6.92 Å². The van der Waals surface area contributed by atoms with Crippen molar-refractivity contribution < 1.29 is 79.4 Å². The molecule has 19 heteroatoms. The zero-order chi connectivity index (χ0) is 27.3. The van der Waals surface area contributed by atoms with Gasteiger partial charge in [0, 0.05) is 11.8 Å². The lowest BCUT2D eigenvalue weighted by molar-refractivity contribution is -0.461. The van der Waals surface area contributed by atoms with Crippen molar-refractivity contribution in [2.24, 2.45) is 4.99 Å². The van der Waals surface area contributed by atoms with Crippen LogP contribution in [0, 0.1) is 0 Å². The molecule has 0 aliphatic carbocycles. The van der Waals surface area contributed by atoms with E-state index < -0.39 is 71.7 Å². The fraction of sp³-hybridized carbons (Fsp3) is 0.714. The van der Waals surface area contributed by atoms with Gasteiger partial charge in [-0.15, -0.1) is 0 Å². The largest absolute Gasteiger partial charge is 0.460 e. The number of aliphatic imine (C=N–C) groups is 1. The Kier molecular flexibility index (Phi) is 7.75. The molecule has 0 unspecified atom stereocenters. The van der Waals surface area contributed by atoms with Crippen LogP contribution >= 0.6 is 0 Å². The second-order valence-electron chi connectivity index (χ2n) is 6.25. The van der Waals surface area contributed by atoms with Crippen LogP contribution in [0.4, 0.5) is 74.6 Å². The van der Waals surface area contributed by atoms with Gasteiger partial charge in [0.15, 0.2) is 0 Å². The third-order valence-corrected chi connectivity index (χ3v) is 3.71. The predicted molar refractivity (Wildman–Crippen MR) is 73.6 cm³/mol. The molecule has 0 aromatic carbocycles. The lowest BCUT2D eigenvalue weighted by Crippen LogP contribution is -2.74. The average Bonchev–Trinajstić information content (AvgIpc) is 2.59. The monoisotopic (exact) mass is 529 g/mol. The van der Waals surface area contributed by atoms with Crippen LogP contribution in [0.1, 0.15) is 13.3 Å². The van der Waals surface area contributed by atoms with E-state index in [1.54, 1.807) is 0 Å². The summed E-state index contributed by atoms with van der Waals surface area (Å²) in [5, 5.41) is 0. The number of rotatable bonds is 9. The third-order valence-electron chi connectivity index (χ3n) is 3.71. The van der Waals surface area contributed by atoms with E-state index in [2.05, 4.69) is 11.6 Å². The topological polar surface area (TPSA) is 29.4 Å². The van der Waals surface area contributed by atoms with Gasteiger partial charge in [-0.1, -0.05) is 6.58 Å². The fourth-order valence-electron chi connectivity index (χ4n) is 1.68. The molecule has 0 aromatic rings. The molecule has 0 aliphatic heterocycles. The highest BCUT2D eigenvalue weighted by molar-refractivity contribution is 5.97. The van der Waals surface area contributed by atoms with Crippen LogP contribution in [0.2, 0.25) is 0 Å². The van der Waals surface area contributed by atoms with E-state index in [0.29, 0.717) is 0 Å². The quantitative estimate of drug-likeness (QED) is 0.189. The maximum Gasteiger partial charge on any atom is 0.460 e. The van der Waals surface area contributed by atoms with Gasteiger partial charge in [-0.3, -0.25) is 4.79 Å². The summed E-state index contributed by atoms with van der Waals surface area (Å²) < 4.78 is 221. The number of carbonyl (C=O) groups excluding carboxylic acids is 1. The normalized spacial score (nSPS) is 15.8. The van der Waals surface area contributed by atoms with Gasteiger partial charge in [0.25, 0.3) is 5.91 Å². The number of halogens is 17. The van der Waals surface area contributed by atoms with E-state index >= 15 is 0 Å². The minimum Gasteiger partial charge on any atom is -0.267 e. The van der Waals surface area contributed by atoms with Gasteiger partial charge in [0.05, 0.1) is 6.42 Å². The highest BCUT2D eigenvalue weighted by Gasteiger charge is 2.95. The molecular formula is C14H8F17NO. The molecular weight excluding hydrogens is 521 g/mol. The molecule has 0 fully saturated rings. The van der Waals surface area contributed by atoms with E-state index in [9.17, 15) is 79.4 Å². The molecule has 0 bridgehead atoms. The van der Waals surface area contributed by atoms with Crippen LogP contribution in [-0.4, -0.2) is 59.8 Å². The third kappa shape index (κ3) is 4.50. The molecule has 2 nitrogen and oxygen atoms in total. The van der Waals surface area contributed by atoms with Crippen molar-refractivity contribution in [1.82, 2.24) is 0 Å². The molecule has 0 saturated carbocycles. The van der Waals surface area contributed by atoms with E-state index in [0.717, 1.165) is 6.92 Å². The number of amides is 1. The first-order valence-corrected chi connectivity index (χ1v) is 7.51. The summed E-state index contributed by atoms with van der Waals surface area (Å²) in [5.41, 5.74) is -0.564. The van der Waals surface area contributed by atoms with Crippen LogP contribution in [-0.2, 0) is 4.79 Å². The second kappa shape index (κ2) is 8.28. The van der Waals surface area contributed by atoms with Crippen LogP contribution in [0.25, 0.3) is 0 Å². The predicted octanol–water partition coefficient (Wildman–Crippen LogP) is 6.56. The Balaban J connectivity index is 6.53. The lowest BCUT2D eigenvalue weighted by Gasteiger charge is -2.42. The smallest absolute Gasteiger partial charge is 0.267 e. The van der Waals surface area contributed by atoms with Gasteiger partial charge in [0.2, 0.25) is 0 Å². The molecule has 0 radical (unpaired) electrons. The zero-order valence-corrected chi connectivity index (χ0v) is 15.3. The summed E-state index contributed by atoms with van der Waals surface area (Å²) >= 11 is 0. The summed E-state index contributed by atoms with van der Waals surface area (Å²) in [5.74, 6) is -58.4. The Hall–Kier alpha value is -2.11. The zero-order valence-electron chi connectivity index (χ0n) is 15.3. The summed E-state index contributed by atoms with van der Waals surface area (Å²) in [6, 6.07) is 0. The van der Waals surface area contributed by atoms with Crippen LogP contribution < -0.4 is 0 Å². The van der Waals surface area contributed by atoms with Crippen molar-refractivity contribution in [2.45, 2.75) is 61.0 Å². The van der Waals surface area contributed by atoms with E-state index in [4.69, 9.17) is 0 Å². The van der Waals surface area contributed by atoms with Gasteiger partial charge in [0.1, 0.15) is 0 Å². The molecule has 0 aliphatic rings. The Morgan fingerprint density at radius 1 is 0.636 bits per heavy atom. The van der Waals surface area contributed by atoms with E-state index in [1.165, 1.54) is 0 Å². The van der Waals surface area contributed by atoms with Gasteiger partial charge in [-0.25, -0.2) is 4.99 Å². The Bertz CT molecular complexity index is 792. The van der Waals surface area contributed by atoms with Crippen molar-refractivity contribution in [2.75, 3.05) is 0 Å². The van der Waals surface area contributed by atoms with Gasteiger partial charge < -0.3 is 0 Å². The van der Waals surface area contributed by atoms with Gasteiger partial charge in [-0.2, -0.15) is 74.6 Å². The standard InChI is InChI=1S/C14H8F17NO/c1-5(2)6(33)32-4-3-7(15,16)8(17,18)9(19,20)10(21,22)11(23,24)12(25,26)13(27,28)14(29,30)31/h4H,1,3H2,2H3. The number of carbonyl (C=O) groups is 1. The first kappa shape index (κ1) is 30.9. The number of alkyl halides is 17. The molecule has 0 aromatic heterocycles. The highest BCUT2D eigenvalue weighted by Crippen LogP contribution is 2.64. The molecule has 0 atom stereocenters. The summed E-state index contributed by atoms with van der Waals surface area (Å²) in [6.45, 7) is 3.72. The Morgan fingerprint density at radius 3 is 1.24 bits per heavy atom. The molecule has 0 saturated heterocycles. The Morgan fingerprint density at radius 2 is 0.939 bits per heavy atom. The van der Waals surface area contributed by atoms with Crippen molar-refractivity contribution in [3.8, 4) is 0 Å². The highest BCUT2D eigenvalue weighted by atomic mass is 19.4. The molecule has 0 N–H and O–H groups in total. The molecule has 0 heterocycles. The minimum absolute atomic E-state index is 0.564. The van der Waals surface area contributed by atoms with Crippen LogP contribution in [0.3, 0.4) is 0 Å². The summed E-state index contributed by atoms with van der Waals surface area (Å²) in [4.78, 5) is 13.3. The second-order valence-corrected chi connectivity index (χ2v) is 6.25. The summed E-state index contributed by atoms with van der Waals surface area (Å²) in [6.07, 6.45) is -11.3. The summed E-state index contributed by atoms with van der Waals surface area (Å²) in [7, 11) is 0. The molecule has 33 heavy (non-hydrogen) atoms. The average molecular weight is 529 g/mol. The number of hydrogen-bond acceptors (Lipinski definition) is 1.